The molecule has 4 heteroatoms. The Balaban J connectivity index is 1.94. The molecule has 0 radical (unpaired) electrons. The van der Waals surface area contributed by atoms with Crippen molar-refractivity contribution in [3.05, 3.63) is 23.8 Å². The van der Waals surface area contributed by atoms with E-state index in [4.69, 9.17) is 19.9 Å². The number of rotatable bonds is 1. The summed E-state index contributed by atoms with van der Waals surface area (Å²) in [6.07, 6.45) is 2.70. The first-order chi connectivity index (χ1) is 8.72. The molecule has 1 aromatic rings. The van der Waals surface area contributed by atoms with Crippen molar-refractivity contribution in [3.63, 3.8) is 0 Å². The van der Waals surface area contributed by atoms with Gasteiger partial charge >= 0.3 is 0 Å². The van der Waals surface area contributed by atoms with Gasteiger partial charge in [0.2, 0.25) is 0 Å². The molecule has 2 heterocycles. The first kappa shape index (κ1) is 11.8. The van der Waals surface area contributed by atoms with Crippen molar-refractivity contribution in [2.75, 3.05) is 20.3 Å². The average molecular weight is 249 g/mol. The molecule has 1 unspecified atom stereocenters. The average Bonchev–Trinajstić information content (AvgIpc) is 2.38. The lowest BCUT2D eigenvalue weighted by molar-refractivity contribution is -0.0621. The molecule has 1 saturated heterocycles. The zero-order chi connectivity index (χ0) is 12.6. The Hall–Kier alpha value is -1.26. The summed E-state index contributed by atoms with van der Waals surface area (Å²) in [6, 6.07) is 5.92. The first-order valence-electron chi connectivity index (χ1n) is 6.43. The number of hydrogen-bond donors (Lipinski definition) is 1. The zero-order valence-electron chi connectivity index (χ0n) is 10.6. The van der Waals surface area contributed by atoms with Crippen molar-refractivity contribution in [2.24, 2.45) is 5.73 Å². The van der Waals surface area contributed by atoms with E-state index in [1.807, 2.05) is 18.2 Å². The minimum atomic E-state index is -0.142. The SMILES string of the molecule is COc1ccc2c(c1)OC1(CCOCC1)CC2N. The standard InChI is InChI=1S/C14H19NO3/c1-16-10-2-3-11-12(15)9-14(18-13(11)8-10)4-6-17-7-5-14/h2-3,8,12H,4-7,9,15H2,1H3. The Morgan fingerprint density at radius 3 is 2.83 bits per heavy atom. The number of methoxy groups -OCH3 is 1. The van der Waals surface area contributed by atoms with Crippen molar-refractivity contribution in [1.29, 1.82) is 0 Å². The molecule has 3 rings (SSSR count). The highest BCUT2D eigenvalue weighted by Gasteiger charge is 2.41. The highest BCUT2D eigenvalue weighted by Crippen LogP contribution is 2.44. The molecule has 0 bridgehead atoms. The van der Waals surface area contributed by atoms with Gasteiger partial charge in [0, 0.05) is 36.9 Å². The van der Waals surface area contributed by atoms with E-state index in [9.17, 15) is 0 Å². The lowest BCUT2D eigenvalue weighted by Crippen LogP contribution is -2.47. The Kier molecular flexibility index (Phi) is 2.92. The molecule has 98 valence electrons. The number of hydrogen-bond acceptors (Lipinski definition) is 4. The van der Waals surface area contributed by atoms with E-state index in [1.165, 1.54) is 0 Å². The van der Waals surface area contributed by atoms with Crippen LogP contribution in [0.15, 0.2) is 18.2 Å². The van der Waals surface area contributed by atoms with Crippen LogP contribution >= 0.6 is 0 Å². The summed E-state index contributed by atoms with van der Waals surface area (Å²) in [5.74, 6) is 1.68. The van der Waals surface area contributed by atoms with Crippen LogP contribution in [0, 0.1) is 0 Å². The van der Waals surface area contributed by atoms with E-state index in [0.717, 1.165) is 49.5 Å². The molecule has 0 aromatic heterocycles. The van der Waals surface area contributed by atoms with Crippen LogP contribution in [0.2, 0.25) is 0 Å². The van der Waals surface area contributed by atoms with Gasteiger partial charge in [-0.3, -0.25) is 0 Å². The first-order valence-corrected chi connectivity index (χ1v) is 6.43. The van der Waals surface area contributed by atoms with E-state index in [0.29, 0.717) is 0 Å². The molecule has 4 nitrogen and oxygen atoms in total. The summed E-state index contributed by atoms with van der Waals surface area (Å²) in [4.78, 5) is 0. The van der Waals surface area contributed by atoms with Crippen LogP contribution in [0.25, 0.3) is 0 Å². The fourth-order valence-corrected chi connectivity index (χ4v) is 2.87. The lowest BCUT2D eigenvalue weighted by atomic mass is 9.82. The number of fused-ring (bicyclic) bond motifs is 1. The predicted molar refractivity (Wildman–Crippen MR) is 68.0 cm³/mol. The summed E-state index contributed by atoms with van der Waals surface area (Å²) in [6.45, 7) is 1.51. The third-order valence-corrected chi connectivity index (χ3v) is 3.94. The smallest absolute Gasteiger partial charge is 0.128 e. The molecule has 2 aliphatic heterocycles. The topological polar surface area (TPSA) is 53.7 Å². The number of nitrogens with two attached hydrogens (primary N) is 1. The van der Waals surface area contributed by atoms with Gasteiger partial charge < -0.3 is 19.9 Å². The Labute approximate surface area is 107 Å². The Bertz CT molecular complexity index is 441. The van der Waals surface area contributed by atoms with Crippen molar-refractivity contribution in [1.82, 2.24) is 0 Å². The minimum absolute atomic E-state index is 0.0396. The molecule has 0 aliphatic carbocycles. The van der Waals surface area contributed by atoms with Crippen molar-refractivity contribution in [3.8, 4) is 11.5 Å². The maximum Gasteiger partial charge on any atom is 0.128 e. The number of ether oxygens (including phenoxy) is 3. The van der Waals surface area contributed by atoms with Crippen molar-refractivity contribution >= 4 is 0 Å². The van der Waals surface area contributed by atoms with Gasteiger partial charge in [0.05, 0.1) is 20.3 Å². The van der Waals surface area contributed by atoms with Gasteiger partial charge in [0.25, 0.3) is 0 Å². The maximum absolute atomic E-state index is 6.28. The van der Waals surface area contributed by atoms with Gasteiger partial charge in [-0.05, 0) is 6.07 Å². The van der Waals surface area contributed by atoms with E-state index >= 15 is 0 Å². The van der Waals surface area contributed by atoms with Gasteiger partial charge in [-0.25, -0.2) is 0 Å². The Morgan fingerprint density at radius 1 is 1.33 bits per heavy atom. The fourth-order valence-electron chi connectivity index (χ4n) is 2.87. The summed E-state index contributed by atoms with van der Waals surface area (Å²) in [7, 11) is 1.66. The van der Waals surface area contributed by atoms with Gasteiger partial charge in [0.1, 0.15) is 17.1 Å². The van der Waals surface area contributed by atoms with E-state index in [-0.39, 0.29) is 11.6 Å². The molecule has 2 aliphatic rings. The second-order valence-electron chi connectivity index (χ2n) is 5.11. The maximum atomic E-state index is 6.28. The molecule has 1 aromatic carbocycles. The highest BCUT2D eigenvalue weighted by molar-refractivity contribution is 5.44. The molecule has 0 amide bonds. The quantitative estimate of drug-likeness (QED) is 0.827. The molecule has 1 fully saturated rings. The molecule has 2 N–H and O–H groups in total. The van der Waals surface area contributed by atoms with Crippen LogP contribution in [0.4, 0.5) is 0 Å². The summed E-state index contributed by atoms with van der Waals surface area (Å²) >= 11 is 0. The van der Waals surface area contributed by atoms with Crippen LogP contribution in [-0.4, -0.2) is 25.9 Å². The van der Waals surface area contributed by atoms with Crippen LogP contribution in [-0.2, 0) is 4.74 Å². The van der Waals surface area contributed by atoms with Gasteiger partial charge in [-0.2, -0.15) is 0 Å². The Morgan fingerprint density at radius 2 is 2.11 bits per heavy atom. The summed E-state index contributed by atoms with van der Waals surface area (Å²) in [5.41, 5.74) is 7.22. The van der Waals surface area contributed by atoms with E-state index in [2.05, 4.69) is 0 Å². The third kappa shape index (κ3) is 1.95. The van der Waals surface area contributed by atoms with Crippen LogP contribution in [0.5, 0.6) is 11.5 Å². The summed E-state index contributed by atoms with van der Waals surface area (Å²) in [5, 5.41) is 0. The fraction of sp³-hybridized carbons (Fsp3) is 0.571. The second kappa shape index (κ2) is 4.44. The van der Waals surface area contributed by atoms with E-state index < -0.39 is 0 Å². The molecular formula is C14H19NO3. The normalized spacial score (nSPS) is 25.3. The van der Waals surface area contributed by atoms with Crippen LogP contribution in [0.3, 0.4) is 0 Å². The minimum Gasteiger partial charge on any atom is -0.497 e. The van der Waals surface area contributed by atoms with Gasteiger partial charge in [-0.15, -0.1) is 0 Å². The molecular weight excluding hydrogens is 230 g/mol. The van der Waals surface area contributed by atoms with Crippen LogP contribution < -0.4 is 15.2 Å². The van der Waals surface area contributed by atoms with Gasteiger partial charge in [-0.1, -0.05) is 6.07 Å². The van der Waals surface area contributed by atoms with E-state index in [1.54, 1.807) is 7.11 Å². The number of benzene rings is 1. The second-order valence-corrected chi connectivity index (χ2v) is 5.11. The largest absolute Gasteiger partial charge is 0.497 e. The molecule has 0 saturated carbocycles. The van der Waals surface area contributed by atoms with Crippen molar-refractivity contribution < 1.29 is 14.2 Å². The summed E-state index contributed by atoms with van der Waals surface area (Å²) < 4.78 is 16.9. The predicted octanol–water partition coefficient (Wildman–Crippen LogP) is 2.03. The zero-order valence-corrected chi connectivity index (χ0v) is 10.6. The molecule has 1 spiro atoms. The van der Waals surface area contributed by atoms with Crippen molar-refractivity contribution in [2.45, 2.75) is 30.9 Å². The third-order valence-electron chi connectivity index (χ3n) is 3.94. The van der Waals surface area contributed by atoms with Crippen LogP contribution in [0.1, 0.15) is 30.9 Å². The molecule has 1 atom stereocenters. The lowest BCUT2D eigenvalue weighted by Gasteiger charge is -2.43. The molecule has 18 heavy (non-hydrogen) atoms. The monoisotopic (exact) mass is 249 g/mol. The van der Waals surface area contributed by atoms with Gasteiger partial charge in [0.15, 0.2) is 0 Å². The highest BCUT2D eigenvalue weighted by atomic mass is 16.5.